The van der Waals surface area contributed by atoms with Crippen LogP contribution in [0, 0.1) is 26.0 Å². The Hall–Kier alpha value is -2.02. The summed E-state index contributed by atoms with van der Waals surface area (Å²) in [5, 5.41) is 0. The van der Waals surface area contributed by atoms with Gasteiger partial charge >= 0.3 is 30.2 Å². The molecule has 0 heterocycles. The van der Waals surface area contributed by atoms with Crippen molar-refractivity contribution in [1.29, 1.82) is 0 Å². The van der Waals surface area contributed by atoms with E-state index in [1.807, 2.05) is 12.1 Å². The van der Waals surface area contributed by atoms with Crippen molar-refractivity contribution in [1.82, 2.24) is 0 Å². The molecule has 0 atom stereocenters. The molecule has 0 unspecified atom stereocenters. The first kappa shape index (κ1) is 26.2. The van der Waals surface area contributed by atoms with Gasteiger partial charge in [0.2, 0.25) is 0 Å². The van der Waals surface area contributed by atoms with Gasteiger partial charge < -0.3 is 13.8 Å². The van der Waals surface area contributed by atoms with E-state index in [1.165, 1.54) is 67.8 Å². The molecular formula is C30H28SiZr-4. The van der Waals surface area contributed by atoms with Crippen LogP contribution in [0.5, 0.6) is 0 Å². The van der Waals surface area contributed by atoms with E-state index >= 15 is 0 Å². The van der Waals surface area contributed by atoms with Crippen molar-refractivity contribution >= 4 is 6.88 Å². The molecule has 0 saturated carbocycles. The van der Waals surface area contributed by atoms with Gasteiger partial charge in [0.1, 0.15) is 0 Å². The van der Waals surface area contributed by atoms with Gasteiger partial charge in [0.25, 0.3) is 0 Å². The number of hydrogen-bond donors (Lipinski definition) is 0. The quantitative estimate of drug-likeness (QED) is 0.148. The average Bonchev–Trinajstić information content (AvgIpc) is 3.46. The maximum Gasteiger partial charge on any atom is -0.0253 e. The molecular weight excluding hydrogens is 480 g/mol. The average molecular weight is 508 g/mol. The van der Waals surface area contributed by atoms with E-state index in [4.69, 9.17) is 0 Å². The van der Waals surface area contributed by atoms with Gasteiger partial charge in [0, 0.05) is 0 Å². The third-order valence-electron chi connectivity index (χ3n) is 5.23. The van der Waals surface area contributed by atoms with Crippen molar-refractivity contribution in [2.75, 3.05) is 0 Å². The molecule has 0 aromatic heterocycles. The van der Waals surface area contributed by atoms with Gasteiger partial charge in [0.15, 0.2) is 0 Å². The smallest absolute Gasteiger partial charge is 0.0253 e. The fraction of sp³-hybridized carbons (Fsp3) is 0.133. The molecule has 160 valence electrons. The van der Waals surface area contributed by atoms with Crippen LogP contribution in [0.15, 0.2) is 84.9 Å². The molecule has 2 aliphatic rings. The van der Waals surface area contributed by atoms with Crippen LogP contribution < -0.4 is 0 Å². The molecule has 4 aromatic rings. The molecule has 0 saturated heterocycles. The van der Waals surface area contributed by atoms with E-state index in [-0.39, 0.29) is 0 Å². The molecule has 0 nitrogen and oxygen atoms in total. The van der Waals surface area contributed by atoms with E-state index < -0.39 is 0 Å². The van der Waals surface area contributed by atoms with Gasteiger partial charge in [-0.3, -0.25) is 0 Å². The summed E-state index contributed by atoms with van der Waals surface area (Å²) in [6, 6.07) is 36.2. The van der Waals surface area contributed by atoms with Crippen LogP contribution in [0.3, 0.4) is 0 Å². The SMILES string of the molecule is [CH2-]C.[CH2-]C.[Si]=[Zr].[c-]1cccc2c1Cc1ccccc1-2.[c-]1cccc2c1Cc1ccccc1-2. The van der Waals surface area contributed by atoms with Crippen LogP contribution in [0.25, 0.3) is 22.3 Å². The fourth-order valence-corrected chi connectivity index (χ4v) is 4.00. The number of fused-ring (bicyclic) bond motifs is 6. The van der Waals surface area contributed by atoms with Gasteiger partial charge in [-0.1, -0.05) is 70.8 Å². The van der Waals surface area contributed by atoms with Crippen molar-refractivity contribution in [3.8, 4) is 22.3 Å². The maximum atomic E-state index is 3.30. The zero-order valence-electron chi connectivity index (χ0n) is 18.9. The van der Waals surface area contributed by atoms with Crippen LogP contribution in [0.1, 0.15) is 36.1 Å². The van der Waals surface area contributed by atoms with E-state index in [9.17, 15) is 0 Å². The summed E-state index contributed by atoms with van der Waals surface area (Å²) >= 11 is 1.36. The summed E-state index contributed by atoms with van der Waals surface area (Å²) in [4.78, 5) is 0. The van der Waals surface area contributed by atoms with Crippen molar-refractivity contribution < 1.29 is 23.3 Å². The van der Waals surface area contributed by atoms with Gasteiger partial charge in [-0.25, -0.2) is 0 Å². The van der Waals surface area contributed by atoms with E-state index in [2.05, 4.69) is 106 Å². The van der Waals surface area contributed by atoms with Crippen LogP contribution in [0.4, 0.5) is 0 Å². The number of benzene rings is 4. The molecule has 6 rings (SSSR count). The first-order valence-electron chi connectivity index (χ1n) is 10.7. The van der Waals surface area contributed by atoms with E-state index in [0.717, 1.165) is 12.8 Å². The van der Waals surface area contributed by atoms with Crippen molar-refractivity contribution in [2.45, 2.75) is 26.7 Å². The van der Waals surface area contributed by atoms with Crippen LogP contribution in [-0.4, -0.2) is 6.88 Å². The minimum absolute atomic E-state index is 1.05. The van der Waals surface area contributed by atoms with Crippen LogP contribution in [0.2, 0.25) is 0 Å². The van der Waals surface area contributed by atoms with Crippen molar-refractivity contribution in [2.24, 2.45) is 0 Å². The Morgan fingerprint density at radius 2 is 0.906 bits per heavy atom. The molecule has 2 radical (unpaired) electrons. The third-order valence-corrected chi connectivity index (χ3v) is 5.23. The first-order chi connectivity index (χ1) is 15.9. The van der Waals surface area contributed by atoms with E-state index in [1.54, 1.807) is 13.8 Å². The van der Waals surface area contributed by atoms with Gasteiger partial charge in [-0.15, -0.1) is 11.1 Å². The second-order valence-corrected chi connectivity index (χ2v) is 6.79. The summed E-state index contributed by atoms with van der Waals surface area (Å²) in [6.45, 7) is 13.1. The van der Waals surface area contributed by atoms with E-state index in [0.29, 0.717) is 0 Å². The second kappa shape index (κ2) is 14.2. The number of hydrogen-bond acceptors (Lipinski definition) is 0. The third kappa shape index (κ3) is 6.06. The Bertz CT molecular complexity index is 941. The number of rotatable bonds is 0. The zero-order chi connectivity index (χ0) is 23.3. The van der Waals surface area contributed by atoms with Gasteiger partial charge in [0.05, 0.1) is 0 Å². The largest absolute Gasteiger partial charge is 0.179 e. The summed E-state index contributed by atoms with van der Waals surface area (Å²) < 4.78 is 0. The first-order valence-corrected chi connectivity index (χ1v) is 14.9. The second-order valence-electron chi connectivity index (χ2n) is 6.79. The molecule has 0 fully saturated rings. The van der Waals surface area contributed by atoms with Crippen LogP contribution >= 0.6 is 0 Å². The Morgan fingerprint density at radius 1 is 0.562 bits per heavy atom. The molecule has 2 aliphatic carbocycles. The van der Waals surface area contributed by atoms with Crippen molar-refractivity contribution in [3.63, 3.8) is 0 Å². The molecule has 0 amide bonds. The van der Waals surface area contributed by atoms with Gasteiger partial charge in [-0.05, 0) is 12.8 Å². The minimum atomic E-state index is 1.05. The molecule has 0 spiro atoms. The van der Waals surface area contributed by atoms with Crippen molar-refractivity contribution in [3.05, 3.63) is 133 Å². The Kier molecular flexibility index (Phi) is 11.6. The Labute approximate surface area is 211 Å². The standard InChI is InChI=1S/2C13H9.2C2H5.Si.Zr/c2*1-3-7-12-10(5-1)9-11-6-2-4-8-13(11)12;2*1-2;;/h2*1-5,7-8H,9H2;2*1H2,2H3;;/q4*-1;;. The Morgan fingerprint density at radius 3 is 1.31 bits per heavy atom. The Balaban J connectivity index is 0.000000185. The summed E-state index contributed by atoms with van der Waals surface area (Å²) in [7, 11) is 0. The normalized spacial score (nSPS) is 10.5. The predicted molar refractivity (Wildman–Crippen MR) is 135 cm³/mol. The van der Waals surface area contributed by atoms with Crippen LogP contribution in [-0.2, 0) is 36.2 Å². The monoisotopic (exact) mass is 506 g/mol. The zero-order valence-corrected chi connectivity index (χ0v) is 22.4. The maximum absolute atomic E-state index is 3.30. The molecule has 0 bridgehead atoms. The molecule has 0 aliphatic heterocycles. The summed E-state index contributed by atoms with van der Waals surface area (Å²) in [6.07, 6.45) is 2.10. The predicted octanol–water partition coefficient (Wildman–Crippen LogP) is 7.41. The molecule has 0 N–H and O–H groups in total. The topological polar surface area (TPSA) is 0 Å². The fourth-order valence-electron chi connectivity index (χ4n) is 4.00. The molecule has 4 aromatic carbocycles. The summed E-state index contributed by atoms with van der Waals surface area (Å²) in [5.74, 6) is 0. The molecule has 32 heavy (non-hydrogen) atoms. The minimum Gasteiger partial charge on any atom is -0.179 e. The van der Waals surface area contributed by atoms with Gasteiger partial charge in [-0.2, -0.15) is 73.5 Å². The molecule has 2 heteroatoms. The summed E-state index contributed by atoms with van der Waals surface area (Å²) in [5.41, 5.74) is 11.0.